The van der Waals surface area contributed by atoms with Gasteiger partial charge in [0.15, 0.2) is 0 Å². The number of hydrogen-bond donors (Lipinski definition) is 5. The predicted molar refractivity (Wildman–Crippen MR) is 144 cm³/mol. The number of anilines is 2. The van der Waals surface area contributed by atoms with Crippen molar-refractivity contribution >= 4 is 56.6 Å². The van der Waals surface area contributed by atoms with Crippen LogP contribution in [0.25, 0.3) is 21.8 Å². The summed E-state index contributed by atoms with van der Waals surface area (Å²) in [7, 11) is 0. The molecule has 2 aromatic carbocycles. The molecule has 1 unspecified atom stereocenters. The topological polar surface area (TPSA) is 125 Å². The quantitative estimate of drug-likeness (QED) is 0.257. The first-order valence-electron chi connectivity index (χ1n) is 12.3. The average Bonchev–Trinajstić information content (AvgIpc) is 3.63. The maximum absolute atomic E-state index is 13.2. The van der Waals surface area contributed by atoms with Crippen molar-refractivity contribution in [1.29, 1.82) is 0 Å². The molecular formula is C27H28ClN5O4. The van der Waals surface area contributed by atoms with Gasteiger partial charge in [-0.05, 0) is 42.5 Å². The van der Waals surface area contributed by atoms with Crippen LogP contribution in [0.2, 0.25) is 0 Å². The van der Waals surface area contributed by atoms with Crippen molar-refractivity contribution in [2.45, 2.75) is 26.2 Å². The highest BCUT2D eigenvalue weighted by Gasteiger charge is 2.35. The van der Waals surface area contributed by atoms with Crippen LogP contribution in [0.3, 0.4) is 0 Å². The third-order valence-corrected chi connectivity index (χ3v) is 8.06. The first-order chi connectivity index (χ1) is 17.8. The van der Waals surface area contributed by atoms with Crippen molar-refractivity contribution in [2.24, 2.45) is 0 Å². The number of aromatic hydroxyl groups is 2. The highest BCUT2D eigenvalue weighted by atomic mass is 35.5. The lowest BCUT2D eigenvalue weighted by molar-refractivity contribution is -0.118. The number of phenols is 2. The van der Waals surface area contributed by atoms with Gasteiger partial charge in [0.1, 0.15) is 11.5 Å². The number of carbonyl (C=O) groups excluding carboxylic acids is 2. The molecule has 2 aliphatic rings. The molecule has 4 heterocycles. The monoisotopic (exact) mass is 521 g/mol. The summed E-state index contributed by atoms with van der Waals surface area (Å²) in [5, 5.41) is 25.9. The molecular weight excluding hydrogens is 494 g/mol. The van der Waals surface area contributed by atoms with Gasteiger partial charge in [-0.3, -0.25) is 14.9 Å². The fraction of sp³-hybridized carbons (Fsp3) is 0.333. The standard InChI is InChI=1S/C27H28ClN5O4/c1-13-8-30-26-19(34)5-17-16(23(13)26)3-4-32(17)21(36)10-29-11-22(37)33-12-15(7-28)25-18(33)6-20(35)27-24(25)14(2)9-31-27/h5-6,8-9,15,29-31,34-35H,3-4,7,10-12H2,1-2H3. The van der Waals surface area contributed by atoms with Crippen molar-refractivity contribution in [1.82, 2.24) is 15.3 Å². The zero-order chi connectivity index (χ0) is 26.0. The lowest BCUT2D eigenvalue weighted by Crippen LogP contribution is -2.42. The molecule has 2 amide bonds. The maximum Gasteiger partial charge on any atom is 0.240 e. The van der Waals surface area contributed by atoms with Crippen LogP contribution in [-0.4, -0.2) is 64.1 Å². The number of alkyl halides is 1. The summed E-state index contributed by atoms with van der Waals surface area (Å²) in [6.07, 6.45) is 4.40. The van der Waals surface area contributed by atoms with Crippen molar-refractivity contribution in [3.8, 4) is 11.5 Å². The highest BCUT2D eigenvalue weighted by Crippen LogP contribution is 2.46. The van der Waals surface area contributed by atoms with E-state index >= 15 is 0 Å². The summed E-state index contributed by atoms with van der Waals surface area (Å²) >= 11 is 6.28. The Morgan fingerprint density at radius 2 is 1.57 bits per heavy atom. The van der Waals surface area contributed by atoms with Gasteiger partial charge in [-0.25, -0.2) is 0 Å². The van der Waals surface area contributed by atoms with Gasteiger partial charge in [-0.1, -0.05) is 0 Å². The Bertz CT molecular complexity index is 1590. The molecule has 9 nitrogen and oxygen atoms in total. The number of nitrogens with one attached hydrogen (secondary N) is 3. The van der Waals surface area contributed by atoms with E-state index in [9.17, 15) is 19.8 Å². The number of aromatic amines is 2. The number of nitrogens with zero attached hydrogens (tertiary/aromatic N) is 2. The molecule has 1 atom stereocenters. The molecule has 0 fully saturated rings. The number of H-pyrrole nitrogens is 2. The Labute approximate surface area is 218 Å². The number of aryl methyl sites for hydroxylation is 2. The van der Waals surface area contributed by atoms with Gasteiger partial charge < -0.3 is 30.0 Å². The van der Waals surface area contributed by atoms with Gasteiger partial charge in [0, 0.05) is 60.2 Å². The molecule has 0 saturated heterocycles. The van der Waals surface area contributed by atoms with E-state index in [1.54, 1.807) is 21.9 Å². The fourth-order valence-electron chi connectivity index (χ4n) is 5.98. The van der Waals surface area contributed by atoms with E-state index in [0.717, 1.165) is 33.0 Å². The number of phenolic OH excluding ortho intramolecular Hbond substituents is 2. The molecule has 10 heteroatoms. The molecule has 0 radical (unpaired) electrons. The third kappa shape index (κ3) is 3.56. The Kier molecular flexibility index (Phi) is 5.58. The molecule has 0 spiro atoms. The molecule has 37 heavy (non-hydrogen) atoms. The molecule has 2 aromatic heterocycles. The lowest BCUT2D eigenvalue weighted by Gasteiger charge is -2.20. The maximum atomic E-state index is 13.2. The minimum atomic E-state index is -0.197. The van der Waals surface area contributed by atoms with Crippen LogP contribution < -0.4 is 15.1 Å². The van der Waals surface area contributed by atoms with Gasteiger partial charge in [0.05, 0.1) is 35.5 Å². The van der Waals surface area contributed by atoms with Crippen molar-refractivity contribution in [3.05, 3.63) is 46.8 Å². The van der Waals surface area contributed by atoms with Crippen LogP contribution in [0.15, 0.2) is 24.5 Å². The van der Waals surface area contributed by atoms with Gasteiger partial charge in [0.2, 0.25) is 11.8 Å². The van der Waals surface area contributed by atoms with Gasteiger partial charge in [0.25, 0.3) is 0 Å². The van der Waals surface area contributed by atoms with Crippen LogP contribution in [-0.2, 0) is 16.0 Å². The van der Waals surface area contributed by atoms with Crippen LogP contribution in [0, 0.1) is 13.8 Å². The minimum Gasteiger partial charge on any atom is -0.506 e. The Morgan fingerprint density at radius 3 is 2.24 bits per heavy atom. The van der Waals surface area contributed by atoms with E-state index in [2.05, 4.69) is 15.3 Å². The van der Waals surface area contributed by atoms with E-state index in [4.69, 9.17) is 11.6 Å². The largest absolute Gasteiger partial charge is 0.506 e. The second-order valence-electron chi connectivity index (χ2n) is 9.92. The van der Waals surface area contributed by atoms with E-state index in [0.29, 0.717) is 47.8 Å². The zero-order valence-corrected chi connectivity index (χ0v) is 21.4. The van der Waals surface area contributed by atoms with Gasteiger partial charge in [-0.15, -0.1) is 11.6 Å². The first-order valence-corrected chi connectivity index (χ1v) is 12.9. The summed E-state index contributed by atoms with van der Waals surface area (Å²) in [6.45, 7) is 4.82. The number of aromatic nitrogens is 2. The third-order valence-electron chi connectivity index (χ3n) is 7.69. The summed E-state index contributed by atoms with van der Waals surface area (Å²) in [4.78, 5) is 35.8. The summed E-state index contributed by atoms with van der Waals surface area (Å²) in [5.41, 5.74) is 6.73. The lowest BCUT2D eigenvalue weighted by atomic mass is 9.97. The predicted octanol–water partition coefficient (Wildman–Crippen LogP) is 3.53. The average molecular weight is 522 g/mol. The number of halogens is 1. The Hall–Kier alpha value is -3.69. The van der Waals surface area contributed by atoms with Crippen molar-refractivity contribution in [3.63, 3.8) is 0 Å². The molecule has 0 bridgehead atoms. The Morgan fingerprint density at radius 1 is 0.973 bits per heavy atom. The number of hydrogen-bond acceptors (Lipinski definition) is 5. The van der Waals surface area contributed by atoms with Crippen LogP contribution in [0.4, 0.5) is 11.4 Å². The van der Waals surface area contributed by atoms with E-state index in [-0.39, 0.29) is 42.3 Å². The number of carbonyl (C=O) groups is 2. The molecule has 4 aromatic rings. The van der Waals surface area contributed by atoms with E-state index in [1.165, 1.54) is 0 Å². The fourth-order valence-corrected chi connectivity index (χ4v) is 6.23. The van der Waals surface area contributed by atoms with Gasteiger partial charge >= 0.3 is 0 Å². The van der Waals surface area contributed by atoms with Crippen LogP contribution in [0.5, 0.6) is 11.5 Å². The summed E-state index contributed by atoms with van der Waals surface area (Å²) in [6, 6.07) is 3.24. The summed E-state index contributed by atoms with van der Waals surface area (Å²) < 4.78 is 0. The van der Waals surface area contributed by atoms with E-state index in [1.807, 2.05) is 26.2 Å². The van der Waals surface area contributed by atoms with Crippen LogP contribution in [0.1, 0.15) is 28.2 Å². The number of fused-ring (bicyclic) bond motifs is 6. The highest BCUT2D eigenvalue weighted by molar-refractivity contribution is 6.19. The number of benzene rings is 2. The second-order valence-corrected chi connectivity index (χ2v) is 10.2. The normalized spacial score (nSPS) is 16.7. The van der Waals surface area contributed by atoms with Crippen LogP contribution >= 0.6 is 11.6 Å². The minimum absolute atomic E-state index is 0.0169. The van der Waals surface area contributed by atoms with E-state index < -0.39 is 0 Å². The first kappa shape index (κ1) is 23.7. The van der Waals surface area contributed by atoms with Crippen molar-refractivity contribution in [2.75, 3.05) is 41.9 Å². The zero-order valence-electron chi connectivity index (χ0n) is 20.6. The SMILES string of the molecule is Cc1c[nH]c2c(O)cc3c(c12)CCN3C(=O)CNCC(=O)N1CC(CCl)c2c1cc(O)c1[nH]cc(C)c21. The van der Waals surface area contributed by atoms with Crippen molar-refractivity contribution < 1.29 is 19.8 Å². The Balaban J connectivity index is 1.17. The number of amides is 2. The molecule has 0 saturated carbocycles. The summed E-state index contributed by atoms with van der Waals surface area (Å²) in [5.74, 6) is 0.130. The molecule has 0 aliphatic carbocycles. The molecule has 2 aliphatic heterocycles. The smallest absolute Gasteiger partial charge is 0.240 e. The molecule has 192 valence electrons. The van der Waals surface area contributed by atoms with Gasteiger partial charge in [-0.2, -0.15) is 0 Å². The molecule has 6 rings (SSSR count). The molecule has 5 N–H and O–H groups in total. The number of rotatable bonds is 5. The second kappa shape index (κ2) is 8.71.